The Balaban J connectivity index is 2.88. The van der Waals surface area contributed by atoms with Gasteiger partial charge in [0.05, 0.1) is 32.4 Å². The van der Waals surface area contributed by atoms with E-state index in [-0.39, 0.29) is 0 Å². The number of quaternary nitrogens is 1. The van der Waals surface area contributed by atoms with Crippen molar-refractivity contribution in [1.29, 1.82) is 0 Å². The molecule has 0 amide bonds. The first kappa shape index (κ1) is 9.26. The molecule has 0 aliphatic heterocycles. The van der Waals surface area contributed by atoms with Crippen LogP contribution in [0.15, 0.2) is 4.52 Å². The molecule has 3 nitrogen and oxygen atoms in total. The molecule has 3 heteroatoms. The Hall–Kier alpha value is -0.830. The van der Waals surface area contributed by atoms with E-state index in [2.05, 4.69) is 26.3 Å². The molecule has 0 N–H and O–H groups in total. The average molecular weight is 169 g/mol. The molecule has 1 heterocycles. The van der Waals surface area contributed by atoms with Crippen molar-refractivity contribution in [1.82, 2.24) is 5.16 Å². The van der Waals surface area contributed by atoms with Crippen LogP contribution in [0.5, 0.6) is 0 Å². The zero-order chi connectivity index (χ0) is 9.35. The molecule has 1 aromatic rings. The number of aryl methyl sites for hydroxylation is 2. The molecule has 0 atom stereocenters. The summed E-state index contributed by atoms with van der Waals surface area (Å²) in [4.78, 5) is 0. The standard InChI is InChI=1S/C9H17N2O/c1-7-9(6-11(3,4)5)8(2)12-10-7/h6H2,1-5H3/q+1. The number of aromatic nitrogens is 1. The van der Waals surface area contributed by atoms with Crippen molar-refractivity contribution in [3.63, 3.8) is 0 Å². The van der Waals surface area contributed by atoms with Gasteiger partial charge in [0.2, 0.25) is 0 Å². The predicted octanol–water partition coefficient (Wildman–Crippen LogP) is 1.50. The summed E-state index contributed by atoms with van der Waals surface area (Å²) in [6.45, 7) is 4.92. The van der Waals surface area contributed by atoms with Crippen LogP contribution in [0.4, 0.5) is 0 Å². The summed E-state index contributed by atoms with van der Waals surface area (Å²) in [7, 11) is 6.48. The van der Waals surface area contributed by atoms with Crippen LogP contribution in [0.3, 0.4) is 0 Å². The summed E-state index contributed by atoms with van der Waals surface area (Å²) in [6, 6.07) is 0. The number of nitrogens with zero attached hydrogens (tertiary/aromatic N) is 2. The summed E-state index contributed by atoms with van der Waals surface area (Å²) in [6.07, 6.45) is 0. The summed E-state index contributed by atoms with van der Waals surface area (Å²) in [5, 5.41) is 3.92. The van der Waals surface area contributed by atoms with Crippen molar-refractivity contribution >= 4 is 0 Å². The predicted molar refractivity (Wildman–Crippen MR) is 47.7 cm³/mol. The minimum absolute atomic E-state index is 0.906. The van der Waals surface area contributed by atoms with Crippen LogP contribution < -0.4 is 0 Å². The zero-order valence-corrected chi connectivity index (χ0v) is 8.51. The first-order valence-corrected chi connectivity index (χ1v) is 4.12. The van der Waals surface area contributed by atoms with E-state index in [4.69, 9.17) is 4.52 Å². The quantitative estimate of drug-likeness (QED) is 0.627. The largest absolute Gasteiger partial charge is 0.361 e. The molecule has 0 fully saturated rings. The van der Waals surface area contributed by atoms with Gasteiger partial charge in [0.15, 0.2) is 0 Å². The first-order chi connectivity index (χ1) is 5.40. The van der Waals surface area contributed by atoms with Crippen molar-refractivity contribution < 1.29 is 9.01 Å². The fourth-order valence-electron chi connectivity index (χ4n) is 1.20. The third-order valence-corrected chi connectivity index (χ3v) is 1.81. The zero-order valence-electron chi connectivity index (χ0n) is 8.51. The van der Waals surface area contributed by atoms with E-state index in [1.165, 1.54) is 5.56 Å². The van der Waals surface area contributed by atoms with E-state index in [0.717, 1.165) is 22.5 Å². The normalized spacial score (nSPS) is 12.1. The van der Waals surface area contributed by atoms with Crippen LogP contribution >= 0.6 is 0 Å². The van der Waals surface area contributed by atoms with Crippen molar-refractivity contribution in [3.05, 3.63) is 17.0 Å². The Morgan fingerprint density at radius 3 is 2.17 bits per heavy atom. The van der Waals surface area contributed by atoms with Crippen LogP contribution in [0.25, 0.3) is 0 Å². The van der Waals surface area contributed by atoms with Crippen molar-refractivity contribution in [3.8, 4) is 0 Å². The van der Waals surface area contributed by atoms with Gasteiger partial charge < -0.3 is 9.01 Å². The molecular formula is C9H17N2O+. The smallest absolute Gasteiger partial charge is 0.142 e. The lowest BCUT2D eigenvalue weighted by Gasteiger charge is -2.23. The highest BCUT2D eigenvalue weighted by Crippen LogP contribution is 2.15. The van der Waals surface area contributed by atoms with Crippen LogP contribution in [0.2, 0.25) is 0 Å². The SMILES string of the molecule is Cc1noc(C)c1C[N+](C)(C)C. The third-order valence-electron chi connectivity index (χ3n) is 1.81. The molecule has 0 aliphatic rings. The van der Waals surface area contributed by atoms with Crippen LogP contribution in [0.1, 0.15) is 17.0 Å². The molecule has 68 valence electrons. The highest BCUT2D eigenvalue weighted by Gasteiger charge is 2.16. The minimum atomic E-state index is 0.906. The fourth-order valence-corrected chi connectivity index (χ4v) is 1.20. The molecular weight excluding hydrogens is 152 g/mol. The molecule has 0 aliphatic carbocycles. The maximum absolute atomic E-state index is 5.08. The van der Waals surface area contributed by atoms with Crippen LogP contribution in [-0.2, 0) is 6.54 Å². The van der Waals surface area contributed by atoms with E-state index >= 15 is 0 Å². The monoisotopic (exact) mass is 169 g/mol. The number of hydrogen-bond acceptors (Lipinski definition) is 2. The molecule has 0 spiro atoms. The van der Waals surface area contributed by atoms with Gasteiger partial charge in [0.25, 0.3) is 0 Å². The van der Waals surface area contributed by atoms with Crippen LogP contribution in [-0.4, -0.2) is 30.8 Å². The molecule has 1 rings (SSSR count). The first-order valence-electron chi connectivity index (χ1n) is 4.12. The second kappa shape index (κ2) is 2.90. The number of rotatable bonds is 2. The minimum Gasteiger partial charge on any atom is -0.361 e. The lowest BCUT2D eigenvalue weighted by molar-refractivity contribution is -0.884. The second-order valence-corrected chi connectivity index (χ2v) is 4.25. The third kappa shape index (κ3) is 2.08. The summed E-state index contributed by atoms with van der Waals surface area (Å²) in [5.41, 5.74) is 2.25. The van der Waals surface area contributed by atoms with Crippen molar-refractivity contribution in [2.24, 2.45) is 0 Å². The van der Waals surface area contributed by atoms with E-state index < -0.39 is 0 Å². The Bertz CT molecular complexity index is 251. The molecule has 0 saturated carbocycles. The lowest BCUT2D eigenvalue weighted by Crippen LogP contribution is -2.33. The van der Waals surface area contributed by atoms with Crippen LogP contribution in [0, 0.1) is 13.8 Å². The summed E-state index contributed by atoms with van der Waals surface area (Å²) >= 11 is 0. The van der Waals surface area contributed by atoms with E-state index in [1.807, 2.05) is 13.8 Å². The highest BCUT2D eigenvalue weighted by atomic mass is 16.5. The topological polar surface area (TPSA) is 26.0 Å². The van der Waals surface area contributed by atoms with E-state index in [9.17, 15) is 0 Å². The molecule has 12 heavy (non-hydrogen) atoms. The van der Waals surface area contributed by atoms with Gasteiger partial charge in [-0.3, -0.25) is 0 Å². The molecule has 0 radical (unpaired) electrons. The van der Waals surface area contributed by atoms with Gasteiger partial charge in [-0.25, -0.2) is 0 Å². The maximum atomic E-state index is 5.08. The fraction of sp³-hybridized carbons (Fsp3) is 0.667. The van der Waals surface area contributed by atoms with Gasteiger partial charge in [-0.2, -0.15) is 0 Å². The Morgan fingerprint density at radius 2 is 1.83 bits per heavy atom. The molecule has 0 aromatic carbocycles. The second-order valence-electron chi connectivity index (χ2n) is 4.25. The van der Waals surface area contributed by atoms with E-state index in [0.29, 0.717) is 0 Å². The van der Waals surface area contributed by atoms with Gasteiger partial charge in [-0.15, -0.1) is 0 Å². The molecule has 0 bridgehead atoms. The summed E-state index contributed by atoms with van der Waals surface area (Å²) in [5.74, 6) is 0.945. The maximum Gasteiger partial charge on any atom is 0.142 e. The van der Waals surface area contributed by atoms with Gasteiger partial charge in [-0.1, -0.05) is 5.16 Å². The molecule has 0 unspecified atom stereocenters. The van der Waals surface area contributed by atoms with E-state index in [1.54, 1.807) is 0 Å². The Kier molecular flexibility index (Phi) is 2.24. The highest BCUT2D eigenvalue weighted by molar-refractivity contribution is 5.19. The van der Waals surface area contributed by atoms with Gasteiger partial charge in [0.1, 0.15) is 12.3 Å². The Labute approximate surface area is 73.6 Å². The average Bonchev–Trinajstić information content (AvgIpc) is 2.16. The van der Waals surface area contributed by atoms with Crippen molar-refractivity contribution in [2.45, 2.75) is 20.4 Å². The number of hydrogen-bond donors (Lipinski definition) is 0. The molecule has 0 saturated heterocycles. The van der Waals surface area contributed by atoms with Gasteiger partial charge in [0, 0.05) is 0 Å². The molecule has 1 aromatic heterocycles. The van der Waals surface area contributed by atoms with Gasteiger partial charge in [-0.05, 0) is 13.8 Å². The lowest BCUT2D eigenvalue weighted by atomic mass is 10.2. The Morgan fingerprint density at radius 1 is 1.25 bits per heavy atom. The van der Waals surface area contributed by atoms with Crippen molar-refractivity contribution in [2.75, 3.05) is 21.1 Å². The summed E-state index contributed by atoms with van der Waals surface area (Å²) < 4.78 is 5.99. The van der Waals surface area contributed by atoms with Gasteiger partial charge >= 0.3 is 0 Å².